The van der Waals surface area contributed by atoms with Crippen LogP contribution >= 0.6 is 11.6 Å². The summed E-state index contributed by atoms with van der Waals surface area (Å²) in [4.78, 5) is 0. The second kappa shape index (κ2) is 6.26. The molecular formula is C17H23ClO2. The lowest BCUT2D eigenvalue weighted by Crippen LogP contribution is -2.12. The zero-order chi connectivity index (χ0) is 13.9. The number of halogens is 1. The van der Waals surface area contributed by atoms with Crippen LogP contribution in [0.15, 0.2) is 18.2 Å². The van der Waals surface area contributed by atoms with Crippen molar-refractivity contribution in [3.05, 3.63) is 23.8 Å². The van der Waals surface area contributed by atoms with Gasteiger partial charge in [0, 0.05) is 5.92 Å². The van der Waals surface area contributed by atoms with Crippen molar-refractivity contribution in [1.82, 2.24) is 0 Å². The fourth-order valence-electron chi connectivity index (χ4n) is 3.14. The number of hydrogen-bond acceptors (Lipinski definition) is 2. The third kappa shape index (κ3) is 3.22. The van der Waals surface area contributed by atoms with Crippen molar-refractivity contribution in [2.75, 3.05) is 13.2 Å². The summed E-state index contributed by atoms with van der Waals surface area (Å²) in [6, 6.07) is 6.16. The largest absolute Gasteiger partial charge is 0.489 e. The van der Waals surface area contributed by atoms with Crippen LogP contribution in [-0.2, 0) is 0 Å². The number of ether oxygens (including phenoxy) is 2. The van der Waals surface area contributed by atoms with Gasteiger partial charge in [-0.1, -0.05) is 38.7 Å². The predicted octanol–water partition coefficient (Wildman–Crippen LogP) is 4.95. The van der Waals surface area contributed by atoms with Gasteiger partial charge in [-0.2, -0.15) is 0 Å². The third-order valence-corrected chi connectivity index (χ3v) is 4.82. The molecule has 20 heavy (non-hydrogen) atoms. The molecule has 2 nitrogen and oxygen atoms in total. The van der Waals surface area contributed by atoms with Gasteiger partial charge in [-0.15, -0.1) is 11.6 Å². The Hall–Kier alpha value is -0.890. The van der Waals surface area contributed by atoms with Crippen LogP contribution in [0.25, 0.3) is 0 Å². The second-order valence-electron chi connectivity index (χ2n) is 6.29. The topological polar surface area (TPSA) is 18.5 Å². The molecule has 2 atom stereocenters. The van der Waals surface area contributed by atoms with E-state index in [1.807, 2.05) is 6.07 Å². The lowest BCUT2D eigenvalue weighted by Gasteiger charge is -2.16. The van der Waals surface area contributed by atoms with Crippen LogP contribution in [0.5, 0.6) is 11.5 Å². The van der Waals surface area contributed by atoms with E-state index in [4.69, 9.17) is 21.1 Å². The molecule has 0 spiro atoms. The number of benzene rings is 1. The summed E-state index contributed by atoms with van der Waals surface area (Å²) in [7, 11) is 0. The van der Waals surface area contributed by atoms with Crippen LogP contribution in [0.3, 0.4) is 0 Å². The average molecular weight is 295 g/mol. The van der Waals surface area contributed by atoms with E-state index in [0.717, 1.165) is 36.0 Å². The van der Waals surface area contributed by atoms with Gasteiger partial charge in [-0.3, -0.25) is 0 Å². The monoisotopic (exact) mass is 294 g/mol. The third-order valence-electron chi connectivity index (χ3n) is 4.39. The molecule has 1 aromatic rings. The van der Waals surface area contributed by atoms with E-state index in [1.54, 1.807) is 0 Å². The summed E-state index contributed by atoms with van der Waals surface area (Å²) in [6.07, 6.45) is 6.49. The summed E-state index contributed by atoms with van der Waals surface area (Å²) >= 11 is 6.60. The van der Waals surface area contributed by atoms with Gasteiger partial charge >= 0.3 is 0 Å². The Balaban J connectivity index is 1.71. The standard InChI is InChI=1S/C17H23ClO2/c1-12-10-19-16-7-6-14(9-17(16)20-11-12)15(18)8-13-4-2-3-5-13/h6-7,9,12-13,15H,2-5,8,10-11H2,1H3. The maximum atomic E-state index is 6.60. The summed E-state index contributed by atoms with van der Waals surface area (Å²) < 4.78 is 11.6. The number of alkyl halides is 1. The smallest absolute Gasteiger partial charge is 0.161 e. The maximum Gasteiger partial charge on any atom is 0.161 e. The lowest BCUT2D eigenvalue weighted by molar-refractivity contribution is 0.228. The van der Waals surface area contributed by atoms with Crippen LogP contribution in [-0.4, -0.2) is 13.2 Å². The summed E-state index contributed by atoms with van der Waals surface area (Å²) in [5.74, 6) is 2.93. The van der Waals surface area contributed by atoms with Crippen molar-refractivity contribution >= 4 is 11.6 Å². The van der Waals surface area contributed by atoms with Gasteiger partial charge < -0.3 is 9.47 Å². The highest BCUT2D eigenvalue weighted by molar-refractivity contribution is 6.20. The first-order valence-electron chi connectivity index (χ1n) is 7.76. The van der Waals surface area contributed by atoms with Crippen LogP contribution in [0.4, 0.5) is 0 Å². The molecule has 2 unspecified atom stereocenters. The van der Waals surface area contributed by atoms with Crippen LogP contribution in [0.2, 0.25) is 0 Å². The van der Waals surface area contributed by atoms with Crippen molar-refractivity contribution in [2.45, 2.75) is 44.4 Å². The van der Waals surface area contributed by atoms with Gasteiger partial charge in [0.1, 0.15) is 0 Å². The maximum absolute atomic E-state index is 6.60. The normalized spacial score (nSPS) is 24.4. The molecule has 3 rings (SSSR count). The fraction of sp³-hybridized carbons (Fsp3) is 0.647. The SMILES string of the molecule is CC1COc2ccc(C(Cl)CC3CCCC3)cc2OC1. The Kier molecular flexibility index (Phi) is 4.40. The number of fused-ring (bicyclic) bond motifs is 1. The van der Waals surface area contributed by atoms with E-state index in [2.05, 4.69) is 19.1 Å². The average Bonchev–Trinajstić information content (AvgIpc) is 2.88. The molecule has 0 N–H and O–H groups in total. The minimum absolute atomic E-state index is 0.0904. The van der Waals surface area contributed by atoms with Crippen LogP contribution in [0.1, 0.15) is 50.0 Å². The molecule has 0 bridgehead atoms. The molecule has 1 aliphatic heterocycles. The molecule has 1 fully saturated rings. The van der Waals surface area contributed by atoms with Gasteiger partial charge in [-0.05, 0) is 30.0 Å². The molecule has 0 saturated heterocycles. The molecule has 1 heterocycles. The van der Waals surface area contributed by atoms with Gasteiger partial charge in [-0.25, -0.2) is 0 Å². The quantitative estimate of drug-likeness (QED) is 0.734. The highest BCUT2D eigenvalue weighted by Crippen LogP contribution is 2.39. The minimum atomic E-state index is 0.0904. The first kappa shape index (κ1) is 14.1. The highest BCUT2D eigenvalue weighted by Gasteiger charge is 2.22. The Morgan fingerprint density at radius 1 is 1.15 bits per heavy atom. The van der Waals surface area contributed by atoms with E-state index >= 15 is 0 Å². The van der Waals surface area contributed by atoms with E-state index in [-0.39, 0.29) is 5.38 Å². The number of hydrogen-bond donors (Lipinski definition) is 0. The van der Waals surface area contributed by atoms with E-state index < -0.39 is 0 Å². The van der Waals surface area contributed by atoms with Crippen molar-refractivity contribution < 1.29 is 9.47 Å². The van der Waals surface area contributed by atoms with Crippen LogP contribution in [0, 0.1) is 11.8 Å². The molecule has 1 aliphatic carbocycles. The molecule has 0 amide bonds. The Morgan fingerprint density at radius 2 is 1.85 bits per heavy atom. The summed E-state index contributed by atoms with van der Waals surface area (Å²) in [5, 5.41) is 0.0904. The molecule has 3 heteroatoms. The fourth-order valence-corrected chi connectivity index (χ4v) is 3.53. The van der Waals surface area contributed by atoms with Crippen molar-refractivity contribution in [3.8, 4) is 11.5 Å². The second-order valence-corrected chi connectivity index (χ2v) is 6.81. The van der Waals surface area contributed by atoms with E-state index in [0.29, 0.717) is 12.5 Å². The molecule has 0 radical (unpaired) electrons. The molecular weight excluding hydrogens is 272 g/mol. The predicted molar refractivity (Wildman–Crippen MR) is 81.8 cm³/mol. The molecule has 1 aromatic carbocycles. The summed E-state index contributed by atoms with van der Waals surface area (Å²) in [5.41, 5.74) is 1.16. The van der Waals surface area contributed by atoms with Crippen molar-refractivity contribution in [1.29, 1.82) is 0 Å². The summed E-state index contributed by atoms with van der Waals surface area (Å²) in [6.45, 7) is 3.57. The molecule has 2 aliphatic rings. The Bertz CT molecular complexity index is 454. The Morgan fingerprint density at radius 3 is 2.60 bits per heavy atom. The van der Waals surface area contributed by atoms with Gasteiger partial charge in [0.15, 0.2) is 11.5 Å². The molecule has 0 aromatic heterocycles. The zero-order valence-electron chi connectivity index (χ0n) is 12.1. The zero-order valence-corrected chi connectivity index (χ0v) is 12.9. The molecule has 110 valence electrons. The minimum Gasteiger partial charge on any atom is -0.489 e. The van der Waals surface area contributed by atoms with E-state index in [1.165, 1.54) is 25.7 Å². The van der Waals surface area contributed by atoms with Crippen LogP contribution < -0.4 is 9.47 Å². The van der Waals surface area contributed by atoms with Crippen molar-refractivity contribution in [2.24, 2.45) is 11.8 Å². The Labute approximate surface area is 126 Å². The lowest BCUT2D eigenvalue weighted by atomic mass is 9.97. The van der Waals surface area contributed by atoms with Gasteiger partial charge in [0.25, 0.3) is 0 Å². The van der Waals surface area contributed by atoms with Gasteiger partial charge in [0.2, 0.25) is 0 Å². The first-order valence-corrected chi connectivity index (χ1v) is 8.19. The van der Waals surface area contributed by atoms with E-state index in [9.17, 15) is 0 Å². The number of rotatable bonds is 3. The highest BCUT2D eigenvalue weighted by atomic mass is 35.5. The molecule has 1 saturated carbocycles. The first-order chi connectivity index (χ1) is 9.72. The van der Waals surface area contributed by atoms with Gasteiger partial charge in [0.05, 0.1) is 18.6 Å². The van der Waals surface area contributed by atoms with Crippen molar-refractivity contribution in [3.63, 3.8) is 0 Å².